The van der Waals surface area contributed by atoms with Crippen molar-refractivity contribution >= 4 is 22.3 Å². The minimum absolute atomic E-state index is 0.208. The van der Waals surface area contributed by atoms with Crippen molar-refractivity contribution in [3.05, 3.63) is 72.4 Å². The predicted octanol–water partition coefficient (Wildman–Crippen LogP) is 6.11. The summed E-state index contributed by atoms with van der Waals surface area (Å²) in [6.45, 7) is 10.7. The number of nitrogens with one attached hydrogen (secondary N) is 2. The second-order valence-corrected chi connectivity index (χ2v) is 10.0. The van der Waals surface area contributed by atoms with Gasteiger partial charge in [0.1, 0.15) is 11.5 Å². The number of nitrogens with zero attached hydrogens (tertiary/aromatic N) is 4. The minimum atomic E-state index is -0.310. The van der Waals surface area contributed by atoms with Crippen molar-refractivity contribution in [2.45, 2.75) is 39.2 Å². The molecule has 2 N–H and O–H groups in total. The third-order valence-electron chi connectivity index (χ3n) is 6.99. The summed E-state index contributed by atoms with van der Waals surface area (Å²) in [6.07, 6.45) is 7.22. The Bertz CT molecular complexity index is 1330. The molecule has 4 aromatic rings. The van der Waals surface area contributed by atoms with Crippen LogP contribution in [0, 0.1) is 11.7 Å². The third-order valence-corrected chi connectivity index (χ3v) is 6.99. The number of halogens is 1. The Kier molecular flexibility index (Phi) is 6.43. The third kappa shape index (κ3) is 5.00. The van der Waals surface area contributed by atoms with Gasteiger partial charge in [-0.3, -0.25) is 9.78 Å². The van der Waals surface area contributed by atoms with E-state index in [0.29, 0.717) is 22.5 Å². The summed E-state index contributed by atoms with van der Waals surface area (Å²) < 4.78 is 16.7. The number of benzene rings is 2. The van der Waals surface area contributed by atoms with Crippen LogP contribution in [0.5, 0.6) is 0 Å². The molecule has 2 aromatic carbocycles. The van der Waals surface area contributed by atoms with Crippen LogP contribution >= 0.6 is 0 Å². The molecule has 35 heavy (non-hydrogen) atoms. The molecule has 1 aliphatic heterocycles. The SMILES string of the molecule is C=C(Nc1ccc(CC2CCN(C)CC2)cc1)c1n[nH]c2cc(F)c(-c3cnn(C(C)C)c3)cc12. The van der Waals surface area contributed by atoms with Gasteiger partial charge in [-0.1, -0.05) is 18.7 Å². The summed E-state index contributed by atoms with van der Waals surface area (Å²) in [7, 11) is 2.20. The highest BCUT2D eigenvalue weighted by molar-refractivity contribution is 5.95. The maximum absolute atomic E-state index is 14.9. The molecule has 3 heterocycles. The second-order valence-electron chi connectivity index (χ2n) is 10.0. The van der Waals surface area contributed by atoms with Crippen LogP contribution < -0.4 is 5.32 Å². The summed E-state index contributed by atoms with van der Waals surface area (Å²) in [5, 5.41) is 15.9. The van der Waals surface area contributed by atoms with Crippen molar-refractivity contribution in [3.63, 3.8) is 0 Å². The first-order chi connectivity index (χ1) is 16.9. The molecule has 0 amide bonds. The van der Waals surface area contributed by atoms with Crippen LogP contribution in [0.2, 0.25) is 0 Å². The summed E-state index contributed by atoms with van der Waals surface area (Å²) >= 11 is 0. The molecule has 7 heteroatoms. The van der Waals surface area contributed by atoms with Crippen LogP contribution in [-0.2, 0) is 6.42 Å². The monoisotopic (exact) mass is 472 g/mol. The van der Waals surface area contributed by atoms with Gasteiger partial charge >= 0.3 is 0 Å². The molecule has 6 nitrogen and oxygen atoms in total. The van der Waals surface area contributed by atoms with Crippen LogP contribution in [0.3, 0.4) is 0 Å². The quantitative estimate of drug-likeness (QED) is 0.340. The van der Waals surface area contributed by atoms with Crippen molar-refractivity contribution in [2.75, 3.05) is 25.5 Å². The molecular formula is C28H33FN6. The van der Waals surface area contributed by atoms with Gasteiger partial charge in [0.05, 0.1) is 17.4 Å². The van der Waals surface area contributed by atoms with Gasteiger partial charge in [0.15, 0.2) is 0 Å². The van der Waals surface area contributed by atoms with Gasteiger partial charge in [-0.25, -0.2) is 4.39 Å². The molecule has 1 aliphatic rings. The van der Waals surface area contributed by atoms with Gasteiger partial charge in [-0.05, 0) is 82.9 Å². The number of aromatic amines is 1. The molecule has 1 saturated heterocycles. The first kappa shape index (κ1) is 23.3. The molecule has 0 saturated carbocycles. The number of hydrogen-bond acceptors (Lipinski definition) is 4. The van der Waals surface area contributed by atoms with E-state index in [4.69, 9.17) is 0 Å². The largest absolute Gasteiger partial charge is 0.354 e. The number of H-pyrrole nitrogens is 1. The van der Waals surface area contributed by atoms with Gasteiger partial charge in [-0.15, -0.1) is 0 Å². The smallest absolute Gasteiger partial charge is 0.133 e. The molecule has 0 aliphatic carbocycles. The Morgan fingerprint density at radius 2 is 1.94 bits per heavy atom. The number of fused-ring (bicyclic) bond motifs is 1. The zero-order chi connectivity index (χ0) is 24.5. The highest BCUT2D eigenvalue weighted by Gasteiger charge is 2.18. The van der Waals surface area contributed by atoms with E-state index in [1.54, 1.807) is 6.20 Å². The van der Waals surface area contributed by atoms with Gasteiger partial charge in [0.25, 0.3) is 0 Å². The number of piperidine rings is 1. The van der Waals surface area contributed by atoms with Crippen molar-refractivity contribution in [1.82, 2.24) is 24.9 Å². The average Bonchev–Trinajstić information content (AvgIpc) is 3.48. The minimum Gasteiger partial charge on any atom is -0.354 e. The molecular weight excluding hydrogens is 439 g/mol. The van der Waals surface area contributed by atoms with E-state index in [2.05, 4.69) is 63.4 Å². The van der Waals surface area contributed by atoms with E-state index in [0.717, 1.165) is 29.0 Å². The van der Waals surface area contributed by atoms with E-state index in [9.17, 15) is 4.39 Å². The van der Waals surface area contributed by atoms with Crippen molar-refractivity contribution in [3.8, 4) is 11.1 Å². The lowest BCUT2D eigenvalue weighted by Crippen LogP contribution is -2.30. The molecule has 0 spiro atoms. The maximum atomic E-state index is 14.9. The van der Waals surface area contributed by atoms with Gasteiger partial charge in [0, 0.05) is 40.5 Å². The number of hydrogen-bond donors (Lipinski definition) is 2. The van der Waals surface area contributed by atoms with Gasteiger partial charge in [0.2, 0.25) is 0 Å². The Hall–Kier alpha value is -3.45. The van der Waals surface area contributed by atoms with Crippen LogP contribution in [0.25, 0.3) is 27.7 Å². The van der Waals surface area contributed by atoms with Crippen LogP contribution in [0.4, 0.5) is 10.1 Å². The number of anilines is 1. The molecule has 5 rings (SSSR count). The van der Waals surface area contributed by atoms with Gasteiger partial charge < -0.3 is 10.2 Å². The predicted molar refractivity (Wildman–Crippen MR) is 141 cm³/mol. The topological polar surface area (TPSA) is 61.8 Å². The van der Waals surface area contributed by atoms with Crippen molar-refractivity contribution in [1.29, 1.82) is 0 Å². The Morgan fingerprint density at radius 3 is 2.63 bits per heavy atom. The molecule has 0 unspecified atom stereocenters. The summed E-state index contributed by atoms with van der Waals surface area (Å²) in [4.78, 5) is 2.41. The summed E-state index contributed by atoms with van der Waals surface area (Å²) in [5.74, 6) is 0.451. The summed E-state index contributed by atoms with van der Waals surface area (Å²) in [6, 6.07) is 12.1. The Labute approximate surface area is 205 Å². The van der Waals surface area contributed by atoms with Gasteiger partial charge in [-0.2, -0.15) is 10.2 Å². The molecule has 0 atom stereocenters. The van der Waals surface area contributed by atoms with E-state index in [-0.39, 0.29) is 11.9 Å². The number of aromatic nitrogens is 4. The van der Waals surface area contributed by atoms with E-state index in [1.165, 1.54) is 37.6 Å². The van der Waals surface area contributed by atoms with Crippen molar-refractivity contribution in [2.24, 2.45) is 5.92 Å². The first-order valence-corrected chi connectivity index (χ1v) is 12.3. The van der Waals surface area contributed by atoms with Crippen molar-refractivity contribution < 1.29 is 4.39 Å². The molecule has 2 aromatic heterocycles. The number of likely N-dealkylation sites (tertiary alicyclic amines) is 1. The highest BCUT2D eigenvalue weighted by Crippen LogP contribution is 2.31. The van der Waals surface area contributed by atoms with Crippen LogP contribution in [-0.4, -0.2) is 45.0 Å². The lowest BCUT2D eigenvalue weighted by Gasteiger charge is -2.29. The maximum Gasteiger partial charge on any atom is 0.133 e. The van der Waals surface area contributed by atoms with E-state index < -0.39 is 0 Å². The van der Waals surface area contributed by atoms with E-state index >= 15 is 0 Å². The molecule has 1 fully saturated rings. The number of rotatable bonds is 7. The molecule has 0 radical (unpaired) electrons. The average molecular weight is 473 g/mol. The second kappa shape index (κ2) is 9.66. The molecule has 0 bridgehead atoms. The highest BCUT2D eigenvalue weighted by atomic mass is 19.1. The Morgan fingerprint density at radius 1 is 1.20 bits per heavy atom. The fraction of sp³-hybridized carbons (Fsp3) is 0.357. The Balaban J connectivity index is 1.32. The van der Waals surface area contributed by atoms with Crippen LogP contribution in [0.1, 0.15) is 44.0 Å². The zero-order valence-electron chi connectivity index (χ0n) is 20.7. The fourth-order valence-electron chi connectivity index (χ4n) is 4.81. The van der Waals surface area contributed by atoms with Crippen LogP contribution in [0.15, 0.2) is 55.4 Å². The lowest BCUT2D eigenvalue weighted by molar-refractivity contribution is 0.219. The normalized spacial score (nSPS) is 15.2. The summed E-state index contributed by atoms with van der Waals surface area (Å²) in [5.41, 5.74) is 5.53. The fourth-order valence-corrected chi connectivity index (χ4v) is 4.81. The zero-order valence-corrected chi connectivity index (χ0v) is 20.7. The first-order valence-electron chi connectivity index (χ1n) is 12.3. The van der Waals surface area contributed by atoms with E-state index in [1.807, 2.05) is 30.8 Å². The standard InChI is InChI=1S/C28H33FN6/c1-18(2)35-17-22(16-30-35)24-14-25-27(15-26(24)29)32-33-28(25)19(3)31-23-7-5-20(6-8-23)13-21-9-11-34(4)12-10-21/h5-8,14-18,21,31H,3,9-13H2,1-2,4H3,(H,32,33). The molecule has 182 valence electrons. The lowest BCUT2D eigenvalue weighted by atomic mass is 9.90.